The molecule has 0 bridgehead atoms. The molecule has 3 rings (SSSR count). The first-order valence-electron chi connectivity index (χ1n) is 11.3. The number of nitrogens with zero attached hydrogens (tertiary/aromatic N) is 1. The first kappa shape index (κ1) is 22.6. The maximum absolute atomic E-state index is 12.5. The fourth-order valence-corrected chi connectivity index (χ4v) is 4.60. The number of carbonyl (C=O) groups is 2. The van der Waals surface area contributed by atoms with Crippen molar-refractivity contribution in [3.63, 3.8) is 0 Å². The van der Waals surface area contributed by atoms with Gasteiger partial charge in [-0.25, -0.2) is 4.79 Å². The van der Waals surface area contributed by atoms with Gasteiger partial charge in [0.15, 0.2) is 0 Å². The minimum absolute atomic E-state index is 0.0680. The summed E-state index contributed by atoms with van der Waals surface area (Å²) in [4.78, 5) is 26.6. The van der Waals surface area contributed by atoms with Crippen molar-refractivity contribution in [3.05, 3.63) is 35.4 Å². The molecule has 2 aliphatic rings. The Labute approximate surface area is 180 Å². The van der Waals surface area contributed by atoms with E-state index in [1.165, 1.54) is 11.1 Å². The molecule has 2 N–H and O–H groups in total. The Balaban J connectivity index is 1.32. The molecule has 2 unspecified atom stereocenters. The van der Waals surface area contributed by atoms with Gasteiger partial charge in [-0.15, -0.1) is 0 Å². The summed E-state index contributed by atoms with van der Waals surface area (Å²) in [6.45, 7) is 9.98. The number of hydrogen-bond donors (Lipinski definition) is 2. The fourth-order valence-electron chi connectivity index (χ4n) is 4.60. The molecule has 1 aromatic rings. The van der Waals surface area contributed by atoms with E-state index in [0.717, 1.165) is 32.4 Å². The molecule has 0 radical (unpaired) electrons. The minimum Gasteiger partial charge on any atom is -0.377 e. The Morgan fingerprint density at radius 1 is 1.17 bits per heavy atom. The third-order valence-corrected chi connectivity index (χ3v) is 6.16. The van der Waals surface area contributed by atoms with Crippen LogP contribution in [0.25, 0.3) is 0 Å². The fraction of sp³-hybridized carbons (Fsp3) is 0.667. The van der Waals surface area contributed by atoms with E-state index in [4.69, 9.17) is 4.74 Å². The average Bonchev–Trinajstić information content (AvgIpc) is 2.74. The Bertz CT molecular complexity index is 729. The van der Waals surface area contributed by atoms with Crippen molar-refractivity contribution >= 4 is 11.9 Å². The lowest BCUT2D eigenvalue weighted by Crippen LogP contribution is -2.47. The van der Waals surface area contributed by atoms with Crippen LogP contribution in [0.1, 0.15) is 57.6 Å². The van der Waals surface area contributed by atoms with Gasteiger partial charge in [0.25, 0.3) is 0 Å². The summed E-state index contributed by atoms with van der Waals surface area (Å²) in [5.74, 6) is 0.507. The summed E-state index contributed by atoms with van der Waals surface area (Å²) in [5.41, 5.74) is 2.66. The van der Waals surface area contributed by atoms with Gasteiger partial charge in [0.2, 0.25) is 5.91 Å². The van der Waals surface area contributed by atoms with E-state index < -0.39 is 0 Å². The van der Waals surface area contributed by atoms with Gasteiger partial charge in [0, 0.05) is 45.1 Å². The molecule has 166 valence electrons. The topological polar surface area (TPSA) is 70.7 Å². The molecule has 1 aromatic carbocycles. The lowest BCUT2D eigenvalue weighted by molar-refractivity contribution is -0.132. The van der Waals surface area contributed by atoms with Gasteiger partial charge < -0.3 is 20.3 Å². The molecule has 2 atom stereocenters. The maximum atomic E-state index is 12.5. The van der Waals surface area contributed by atoms with Crippen LogP contribution in [0.5, 0.6) is 0 Å². The first-order chi connectivity index (χ1) is 14.3. The van der Waals surface area contributed by atoms with Gasteiger partial charge in [-0.3, -0.25) is 4.79 Å². The molecular formula is C24H37N3O3. The molecule has 1 saturated heterocycles. The van der Waals surface area contributed by atoms with Crippen LogP contribution in [0.2, 0.25) is 0 Å². The number of ether oxygens (including phenoxy) is 1. The zero-order chi connectivity index (χ0) is 21.6. The quantitative estimate of drug-likeness (QED) is 0.699. The van der Waals surface area contributed by atoms with Crippen molar-refractivity contribution in [2.75, 3.05) is 26.2 Å². The van der Waals surface area contributed by atoms with Crippen LogP contribution in [-0.4, -0.2) is 49.2 Å². The third-order valence-electron chi connectivity index (χ3n) is 6.16. The van der Waals surface area contributed by atoms with E-state index in [-0.39, 0.29) is 23.5 Å². The van der Waals surface area contributed by atoms with Crippen LogP contribution in [0, 0.1) is 11.3 Å². The predicted octanol–water partition coefficient (Wildman–Crippen LogP) is 3.49. The average molecular weight is 416 g/mol. The highest BCUT2D eigenvalue weighted by atomic mass is 16.5. The summed E-state index contributed by atoms with van der Waals surface area (Å²) >= 11 is 0. The molecule has 0 aromatic heterocycles. The molecule has 6 heteroatoms. The molecule has 0 aliphatic carbocycles. The number of amides is 3. The van der Waals surface area contributed by atoms with E-state index in [1.54, 1.807) is 0 Å². The minimum atomic E-state index is -0.160. The Morgan fingerprint density at radius 2 is 1.93 bits per heavy atom. The van der Waals surface area contributed by atoms with Crippen molar-refractivity contribution in [2.24, 2.45) is 11.3 Å². The normalized spacial score (nSPS) is 21.6. The number of hydrogen-bond acceptors (Lipinski definition) is 3. The van der Waals surface area contributed by atoms with E-state index >= 15 is 0 Å². The second-order valence-corrected chi connectivity index (χ2v) is 9.63. The number of carbonyl (C=O) groups excluding carboxylic acids is 2. The van der Waals surface area contributed by atoms with Crippen molar-refractivity contribution in [3.8, 4) is 0 Å². The van der Waals surface area contributed by atoms with Gasteiger partial charge in [0.1, 0.15) is 0 Å². The molecule has 6 nitrogen and oxygen atoms in total. The number of nitrogens with one attached hydrogen (secondary N) is 2. The van der Waals surface area contributed by atoms with Crippen LogP contribution in [0.3, 0.4) is 0 Å². The highest BCUT2D eigenvalue weighted by molar-refractivity contribution is 5.77. The number of benzene rings is 1. The highest BCUT2D eigenvalue weighted by Gasteiger charge is 2.35. The Kier molecular flexibility index (Phi) is 7.75. The smallest absolute Gasteiger partial charge is 0.314 e. The summed E-state index contributed by atoms with van der Waals surface area (Å²) in [6, 6.07) is 8.16. The first-order valence-corrected chi connectivity index (χ1v) is 11.3. The van der Waals surface area contributed by atoms with Crippen molar-refractivity contribution in [1.29, 1.82) is 0 Å². The van der Waals surface area contributed by atoms with E-state index in [1.807, 2.05) is 11.0 Å². The van der Waals surface area contributed by atoms with Crippen LogP contribution in [0.4, 0.5) is 4.79 Å². The van der Waals surface area contributed by atoms with Gasteiger partial charge in [-0.1, -0.05) is 45.0 Å². The lowest BCUT2D eigenvalue weighted by Gasteiger charge is -2.40. The summed E-state index contributed by atoms with van der Waals surface area (Å²) < 4.78 is 5.98. The van der Waals surface area contributed by atoms with Gasteiger partial charge in [0.05, 0.1) is 6.10 Å². The van der Waals surface area contributed by atoms with Crippen molar-refractivity contribution in [2.45, 2.75) is 65.5 Å². The SMILES string of the molecule is CC(C)(C)C1OCCCC1CNC(=O)NCCCC(=O)N1CCc2ccccc2C1. The summed E-state index contributed by atoms with van der Waals surface area (Å²) in [5, 5.41) is 5.88. The lowest BCUT2D eigenvalue weighted by atomic mass is 9.78. The molecule has 2 heterocycles. The zero-order valence-electron chi connectivity index (χ0n) is 18.7. The summed E-state index contributed by atoms with van der Waals surface area (Å²) in [6.07, 6.45) is 4.33. The van der Waals surface area contributed by atoms with Crippen molar-refractivity contribution in [1.82, 2.24) is 15.5 Å². The van der Waals surface area contributed by atoms with Crippen LogP contribution in [0.15, 0.2) is 24.3 Å². The van der Waals surface area contributed by atoms with E-state index in [0.29, 0.717) is 38.4 Å². The Hall–Kier alpha value is -2.08. The third kappa shape index (κ3) is 6.21. The van der Waals surface area contributed by atoms with Gasteiger partial charge in [-0.2, -0.15) is 0 Å². The predicted molar refractivity (Wildman–Crippen MR) is 118 cm³/mol. The zero-order valence-corrected chi connectivity index (χ0v) is 18.7. The Morgan fingerprint density at radius 3 is 2.70 bits per heavy atom. The monoisotopic (exact) mass is 415 g/mol. The molecular weight excluding hydrogens is 378 g/mol. The van der Waals surface area contributed by atoms with Crippen LogP contribution in [-0.2, 0) is 22.5 Å². The van der Waals surface area contributed by atoms with E-state index in [9.17, 15) is 9.59 Å². The molecule has 1 fully saturated rings. The number of urea groups is 1. The molecule has 30 heavy (non-hydrogen) atoms. The highest BCUT2D eigenvalue weighted by Crippen LogP contribution is 2.33. The second kappa shape index (κ2) is 10.3. The number of rotatable bonds is 6. The standard InChI is InChI=1S/C24H37N3O3/c1-24(2,3)22-19(10-7-15-30-22)16-26-23(29)25-13-6-11-21(28)27-14-12-18-8-4-5-9-20(18)17-27/h4-5,8-9,19,22H,6-7,10-17H2,1-3H3,(H2,25,26,29). The number of fused-ring (bicyclic) bond motifs is 1. The van der Waals surface area contributed by atoms with Gasteiger partial charge in [-0.05, 0) is 42.2 Å². The van der Waals surface area contributed by atoms with Crippen molar-refractivity contribution < 1.29 is 14.3 Å². The van der Waals surface area contributed by atoms with Gasteiger partial charge >= 0.3 is 6.03 Å². The summed E-state index contributed by atoms with van der Waals surface area (Å²) in [7, 11) is 0. The van der Waals surface area contributed by atoms with Crippen LogP contribution < -0.4 is 10.6 Å². The molecule has 2 aliphatic heterocycles. The second-order valence-electron chi connectivity index (χ2n) is 9.63. The molecule has 0 spiro atoms. The van der Waals surface area contributed by atoms with Crippen LogP contribution >= 0.6 is 0 Å². The molecule has 3 amide bonds. The largest absolute Gasteiger partial charge is 0.377 e. The van der Waals surface area contributed by atoms with E-state index in [2.05, 4.69) is 49.6 Å². The molecule has 0 saturated carbocycles. The maximum Gasteiger partial charge on any atom is 0.314 e.